The maximum Gasteiger partial charge on any atom is 0.246 e. The number of ether oxygens (including phenoxy) is 3. The van der Waals surface area contributed by atoms with Gasteiger partial charge in [-0.15, -0.1) is 0 Å². The van der Waals surface area contributed by atoms with E-state index in [9.17, 15) is 53.7 Å². The predicted octanol–water partition coefficient (Wildman–Crippen LogP) is 4.44. The number of carbonyl (C=O) groups excluding carboxylic acids is 8. The molecule has 0 radical (unpaired) electrons. The first-order valence-corrected chi connectivity index (χ1v) is 27.4. The number of hydrogen-bond acceptors (Lipinski definition) is 17. The molecular formula is C58H89N9O15. The van der Waals surface area contributed by atoms with Gasteiger partial charge in [0.2, 0.25) is 42.7 Å². The molecular weight excluding hydrogens is 1060 g/mol. The lowest BCUT2D eigenvalue weighted by molar-refractivity contribution is -0.230. The lowest BCUT2D eigenvalue weighted by Gasteiger charge is -2.36. The molecule has 82 heavy (non-hydrogen) atoms. The molecule has 0 saturated carbocycles. The van der Waals surface area contributed by atoms with Crippen molar-refractivity contribution in [2.75, 3.05) is 70.0 Å². The van der Waals surface area contributed by atoms with Crippen LogP contribution in [-0.2, 0) is 45.3 Å². The van der Waals surface area contributed by atoms with Crippen molar-refractivity contribution in [1.82, 2.24) is 25.0 Å². The fraction of sp³-hybridized carbons (Fsp3) is 0.534. The van der Waals surface area contributed by atoms with Crippen LogP contribution in [0, 0.1) is 12.8 Å². The summed E-state index contributed by atoms with van der Waals surface area (Å²) in [6.45, 7) is 12.9. The summed E-state index contributed by atoms with van der Waals surface area (Å²) in [5, 5.41) is 50.5. The van der Waals surface area contributed by atoms with Gasteiger partial charge in [0.05, 0.1) is 49.0 Å². The van der Waals surface area contributed by atoms with Crippen LogP contribution in [0.5, 0.6) is 11.5 Å². The summed E-state index contributed by atoms with van der Waals surface area (Å²) in [5.41, 5.74) is 3.98. The third-order valence-electron chi connectivity index (χ3n) is 12.6. The molecule has 24 nitrogen and oxygen atoms in total. The molecule has 0 spiro atoms. The maximum absolute atomic E-state index is 12.5. The number of anilines is 3. The van der Waals surface area contributed by atoms with Crippen LogP contribution < -0.4 is 36.1 Å². The van der Waals surface area contributed by atoms with Crippen LogP contribution in [0.15, 0.2) is 65.8 Å². The third kappa shape index (κ3) is 27.8. The van der Waals surface area contributed by atoms with Gasteiger partial charge in [-0.05, 0) is 99.9 Å². The molecule has 1 saturated heterocycles. The summed E-state index contributed by atoms with van der Waals surface area (Å²) in [4.78, 5) is 97.4. The van der Waals surface area contributed by atoms with E-state index in [2.05, 4.69) is 45.4 Å². The van der Waals surface area contributed by atoms with Crippen molar-refractivity contribution in [2.45, 2.75) is 136 Å². The highest BCUT2D eigenvalue weighted by atomic mass is 16.7. The first-order chi connectivity index (χ1) is 39.3. The number of hydrogen-bond donors (Lipinski definition) is 9. The van der Waals surface area contributed by atoms with Crippen molar-refractivity contribution in [3.8, 4) is 11.5 Å². The number of aromatic nitrogens is 1. The second kappa shape index (κ2) is 41.5. The third-order valence-corrected chi connectivity index (χ3v) is 12.6. The summed E-state index contributed by atoms with van der Waals surface area (Å²) in [5.74, 6) is 0.486. The van der Waals surface area contributed by atoms with E-state index in [0.717, 1.165) is 50.5 Å². The second-order valence-corrected chi connectivity index (χ2v) is 19.3. The molecule has 6 amide bonds. The lowest BCUT2D eigenvalue weighted by Crippen LogP contribution is -2.51. The van der Waals surface area contributed by atoms with E-state index in [0.29, 0.717) is 91.5 Å². The molecule has 0 aliphatic carbocycles. The number of unbranched alkanes of at least 4 members (excludes halogenated alkanes) is 2. The van der Waals surface area contributed by atoms with Gasteiger partial charge in [-0.25, -0.2) is 0 Å². The minimum atomic E-state index is -1.24. The summed E-state index contributed by atoms with van der Waals surface area (Å²) in [7, 11) is 6.24. The molecule has 9 N–H and O–H groups in total. The average molecular weight is 1150 g/mol. The molecule has 1 aliphatic heterocycles. The van der Waals surface area contributed by atoms with Crippen LogP contribution in [0.2, 0.25) is 0 Å². The number of aryl methyl sites for hydroxylation is 2. The van der Waals surface area contributed by atoms with Crippen LogP contribution in [0.25, 0.3) is 0 Å². The van der Waals surface area contributed by atoms with Gasteiger partial charge in [-0.1, -0.05) is 34.1 Å². The lowest BCUT2D eigenvalue weighted by atomic mass is 10.0. The molecule has 1 fully saturated rings. The zero-order valence-corrected chi connectivity index (χ0v) is 49.2. The minimum absolute atomic E-state index is 0.0166. The number of aldehydes is 2. The molecule has 1 aromatic heterocycles. The highest BCUT2D eigenvalue weighted by molar-refractivity contribution is 5.93. The zero-order valence-electron chi connectivity index (χ0n) is 49.2. The Morgan fingerprint density at radius 3 is 2.13 bits per heavy atom. The number of rotatable bonds is 32. The van der Waals surface area contributed by atoms with E-state index in [1.54, 1.807) is 71.2 Å². The Balaban J connectivity index is 0.000000728. The highest BCUT2D eigenvalue weighted by Gasteiger charge is 2.38. The molecule has 0 bridgehead atoms. The number of benzene rings is 2. The Hall–Kier alpha value is -7.51. The van der Waals surface area contributed by atoms with Gasteiger partial charge < -0.3 is 75.6 Å². The van der Waals surface area contributed by atoms with Gasteiger partial charge in [0, 0.05) is 103 Å². The number of amides is 6. The standard InChI is InChI=1S/C31H44N4O9.C16H28N2O3.C10H13N3O2.CH4O/c1-5-9-35(19-38)22(6-2)15-32-24-13-26(42-10-7-8-29(40)33-21-12-23(17-36)34(4)16-21)27(11-20(24)3)43-30-14-25(39)31(41)28(18-37)44-30;1-13(2)14(3)17-15(20)9-6-5-7-11-18(4)16(21)10-8-12-19;1-11-8-2-4-9(5-3-8)13-10(15)6-12-7-14;1-2/h11-13,15-17,19,22,25,28,30-31,37,39,41H,5-10,14,18H2,1-4H3,(H,33,40);8,10,12-14H,5-7,9,11H2,1-4H3,(H,17,20);2-5,7,11H,6H2,1H3,(H,12,14)(H,13,15);2H,1H3/b;10-8-;;/t22-,25+,28+,30+,31+;;;/m0.../s1. The summed E-state index contributed by atoms with van der Waals surface area (Å²) < 4.78 is 19.4. The highest BCUT2D eigenvalue weighted by Crippen LogP contribution is 2.37. The molecule has 6 atom stereocenters. The van der Waals surface area contributed by atoms with Gasteiger partial charge in [0.25, 0.3) is 0 Å². The van der Waals surface area contributed by atoms with Crippen molar-refractivity contribution in [2.24, 2.45) is 18.0 Å². The van der Waals surface area contributed by atoms with Crippen molar-refractivity contribution >= 4 is 78.0 Å². The van der Waals surface area contributed by atoms with Gasteiger partial charge >= 0.3 is 0 Å². The molecule has 4 rings (SSSR count). The summed E-state index contributed by atoms with van der Waals surface area (Å²) in [6, 6.07) is 12.3. The molecule has 456 valence electrons. The summed E-state index contributed by atoms with van der Waals surface area (Å²) >= 11 is 0. The summed E-state index contributed by atoms with van der Waals surface area (Å²) in [6.07, 6.45) is 9.17. The molecule has 2 heterocycles. The van der Waals surface area contributed by atoms with Crippen LogP contribution in [0.1, 0.15) is 108 Å². The molecule has 1 unspecified atom stereocenters. The van der Waals surface area contributed by atoms with Gasteiger partial charge in [0.1, 0.15) is 18.5 Å². The van der Waals surface area contributed by atoms with Crippen molar-refractivity contribution in [3.63, 3.8) is 0 Å². The average Bonchev–Trinajstić information content (AvgIpc) is 3.92. The Kier molecular flexibility index (Phi) is 36.7. The van der Waals surface area contributed by atoms with Crippen LogP contribution in [-0.4, -0.2) is 181 Å². The van der Waals surface area contributed by atoms with E-state index in [-0.39, 0.29) is 61.7 Å². The number of carbonyl (C=O) groups is 8. The number of nitrogens with zero attached hydrogens (tertiary/aromatic N) is 4. The number of likely N-dealkylation sites (N-methyl/N-ethyl adjacent to an activating group) is 1. The van der Waals surface area contributed by atoms with Crippen LogP contribution in [0.4, 0.5) is 22.7 Å². The zero-order chi connectivity index (χ0) is 61.6. The molecule has 1 aliphatic rings. The monoisotopic (exact) mass is 1150 g/mol. The first kappa shape index (κ1) is 72.5. The van der Waals surface area contributed by atoms with Gasteiger partial charge in [0.15, 0.2) is 17.8 Å². The largest absolute Gasteiger partial charge is 0.490 e. The van der Waals surface area contributed by atoms with E-state index in [1.165, 1.54) is 12.2 Å². The smallest absolute Gasteiger partial charge is 0.246 e. The maximum atomic E-state index is 12.5. The topological polar surface area (TPSA) is 329 Å². The Morgan fingerprint density at radius 2 is 1.55 bits per heavy atom. The minimum Gasteiger partial charge on any atom is -0.490 e. The number of aliphatic hydroxyl groups excluding tert-OH is 4. The van der Waals surface area contributed by atoms with Gasteiger partial charge in [-0.2, -0.15) is 0 Å². The molecule has 3 aromatic rings. The Morgan fingerprint density at radius 1 is 0.878 bits per heavy atom. The Labute approximate surface area is 482 Å². The van der Waals surface area contributed by atoms with E-state index < -0.39 is 31.2 Å². The van der Waals surface area contributed by atoms with Gasteiger partial charge in [-0.3, -0.25) is 43.3 Å². The SMILES string of the molecule is CC(C)C(C)NC(=O)CCCCCN(C)C(=O)/C=C\C=O.CCCN(C=O)[C@H](C=Nc1cc(OCCCC(=O)Nc2cc(C=O)n(C)c2)c(O[C@H]2C[C@@H](O)[C@@H](O)[C@@H](CO)O2)cc1C)CC.CNc1ccc(NC(=O)CNC=O)cc1.CO. The Bertz CT molecular complexity index is 2450. The first-order valence-electron chi connectivity index (χ1n) is 27.4. The number of nitrogens with one attached hydrogen (secondary N) is 5. The number of aliphatic hydroxyl groups is 4. The number of aliphatic imine (C=N–C) groups is 1. The fourth-order valence-corrected chi connectivity index (χ4v) is 7.55. The molecule has 24 heteroatoms. The second-order valence-electron chi connectivity index (χ2n) is 19.3. The van der Waals surface area contributed by atoms with Crippen LogP contribution >= 0.6 is 0 Å². The van der Waals surface area contributed by atoms with E-state index in [4.69, 9.17) is 19.3 Å². The van der Waals surface area contributed by atoms with E-state index in [1.807, 2.05) is 46.9 Å². The van der Waals surface area contributed by atoms with Crippen molar-refractivity contribution < 1.29 is 73.0 Å². The fourth-order valence-electron chi connectivity index (χ4n) is 7.55. The predicted molar refractivity (Wildman–Crippen MR) is 314 cm³/mol. The van der Waals surface area contributed by atoms with Crippen LogP contribution in [0.3, 0.4) is 0 Å². The van der Waals surface area contributed by atoms with Crippen molar-refractivity contribution in [3.05, 3.63) is 72.1 Å². The normalized spacial score (nSPS) is 16.0. The molecule has 2 aromatic carbocycles. The number of allylic oxidation sites excluding steroid dienone is 1. The quantitative estimate of drug-likeness (QED) is 0.0181. The van der Waals surface area contributed by atoms with E-state index >= 15 is 0 Å². The van der Waals surface area contributed by atoms with Crippen molar-refractivity contribution in [1.29, 1.82) is 0 Å².